The van der Waals surface area contributed by atoms with Gasteiger partial charge in [-0.3, -0.25) is 14.9 Å². The van der Waals surface area contributed by atoms with Gasteiger partial charge in [0.1, 0.15) is 10.7 Å². The first kappa shape index (κ1) is 22.0. The summed E-state index contributed by atoms with van der Waals surface area (Å²) in [6, 6.07) is 18.2. The zero-order chi connectivity index (χ0) is 23.7. The van der Waals surface area contributed by atoms with E-state index in [-0.39, 0.29) is 11.3 Å². The molecule has 0 saturated carbocycles. The fourth-order valence-electron chi connectivity index (χ4n) is 3.94. The minimum atomic E-state index is -0.449. The largest absolute Gasteiger partial charge is 0.378 e. The van der Waals surface area contributed by atoms with Gasteiger partial charge in [-0.05, 0) is 61.0 Å². The number of aryl methyl sites for hydroxylation is 1. The molecule has 1 amide bonds. The van der Waals surface area contributed by atoms with Crippen LogP contribution in [-0.4, -0.2) is 42.1 Å². The molecule has 9 heteroatoms. The van der Waals surface area contributed by atoms with Crippen LogP contribution in [0.2, 0.25) is 0 Å². The second kappa shape index (κ2) is 9.20. The van der Waals surface area contributed by atoms with Crippen molar-refractivity contribution < 1.29 is 14.5 Å². The highest BCUT2D eigenvalue weighted by Crippen LogP contribution is 2.32. The topological polar surface area (TPSA) is 97.6 Å². The Kier molecular flexibility index (Phi) is 5.95. The highest BCUT2D eigenvalue weighted by Gasteiger charge is 2.23. The van der Waals surface area contributed by atoms with Crippen LogP contribution in [0.4, 0.5) is 17.1 Å². The fourth-order valence-corrected chi connectivity index (χ4v) is 5.01. The van der Waals surface area contributed by atoms with E-state index < -0.39 is 10.8 Å². The van der Waals surface area contributed by atoms with E-state index in [2.05, 4.69) is 18.3 Å². The molecule has 3 aromatic carbocycles. The van der Waals surface area contributed by atoms with E-state index >= 15 is 0 Å². The Balaban J connectivity index is 1.33. The third-order valence-electron chi connectivity index (χ3n) is 5.72. The van der Waals surface area contributed by atoms with Gasteiger partial charge in [0.05, 0.1) is 28.4 Å². The van der Waals surface area contributed by atoms with E-state index in [0.717, 1.165) is 20.8 Å². The van der Waals surface area contributed by atoms with Crippen LogP contribution in [0, 0.1) is 17.0 Å². The van der Waals surface area contributed by atoms with Crippen molar-refractivity contribution in [3.05, 3.63) is 81.9 Å². The third kappa shape index (κ3) is 4.48. The molecule has 0 radical (unpaired) electrons. The van der Waals surface area contributed by atoms with Gasteiger partial charge in [-0.15, -0.1) is 11.3 Å². The number of hydrogen-bond acceptors (Lipinski definition) is 7. The highest BCUT2D eigenvalue weighted by atomic mass is 32.1. The summed E-state index contributed by atoms with van der Waals surface area (Å²) >= 11 is 1.62. The Labute approximate surface area is 200 Å². The summed E-state index contributed by atoms with van der Waals surface area (Å²) in [5.74, 6) is -0.403. The number of benzene rings is 3. The number of carbonyl (C=O) groups is 1. The molecule has 2 heterocycles. The predicted octanol–water partition coefficient (Wildman–Crippen LogP) is 5.27. The van der Waals surface area contributed by atoms with E-state index in [9.17, 15) is 14.9 Å². The van der Waals surface area contributed by atoms with Crippen LogP contribution >= 0.6 is 11.3 Å². The molecule has 5 rings (SSSR count). The summed E-state index contributed by atoms with van der Waals surface area (Å²) in [6.45, 7) is 4.25. The molecule has 1 aliphatic heterocycles. The second-order valence-electron chi connectivity index (χ2n) is 8.08. The Morgan fingerprint density at radius 1 is 1.09 bits per heavy atom. The number of ether oxygens (including phenoxy) is 1. The number of rotatable bonds is 5. The molecule has 34 heavy (non-hydrogen) atoms. The molecule has 1 aromatic heterocycles. The SMILES string of the molecule is Cc1ccc2nc(-c3ccc(NC(=O)c4ccc(N5CCOCC5)c([N+](=O)[O-])c4)cc3)sc2c1. The van der Waals surface area contributed by atoms with E-state index in [1.165, 1.54) is 11.6 Å². The van der Waals surface area contributed by atoms with Crippen LogP contribution in [0.25, 0.3) is 20.8 Å². The molecule has 1 saturated heterocycles. The van der Waals surface area contributed by atoms with E-state index in [4.69, 9.17) is 9.72 Å². The van der Waals surface area contributed by atoms with E-state index in [0.29, 0.717) is 37.7 Å². The molecule has 0 atom stereocenters. The summed E-state index contributed by atoms with van der Waals surface area (Å²) in [7, 11) is 0. The van der Waals surface area contributed by atoms with E-state index in [1.54, 1.807) is 35.6 Å². The Morgan fingerprint density at radius 3 is 2.59 bits per heavy atom. The van der Waals surface area contributed by atoms with Crippen molar-refractivity contribution in [1.29, 1.82) is 0 Å². The lowest BCUT2D eigenvalue weighted by Crippen LogP contribution is -2.36. The molecule has 0 bridgehead atoms. The lowest BCUT2D eigenvalue weighted by Gasteiger charge is -2.28. The van der Waals surface area contributed by atoms with Crippen molar-refractivity contribution in [1.82, 2.24) is 4.98 Å². The van der Waals surface area contributed by atoms with Gasteiger partial charge in [0, 0.05) is 36.0 Å². The molecule has 1 fully saturated rings. The minimum absolute atomic E-state index is 0.0871. The highest BCUT2D eigenvalue weighted by molar-refractivity contribution is 7.21. The first-order valence-corrected chi connectivity index (χ1v) is 11.7. The standard InChI is InChI=1S/C25H22N4O4S/c1-16-2-8-20-23(14-16)34-25(27-20)17-3-6-19(7-4-17)26-24(30)18-5-9-21(22(15-18)29(31)32)28-10-12-33-13-11-28/h2-9,14-15H,10-13H2,1H3,(H,26,30). The summed E-state index contributed by atoms with van der Waals surface area (Å²) in [6.07, 6.45) is 0. The van der Waals surface area contributed by atoms with Crippen LogP contribution in [-0.2, 0) is 4.74 Å². The summed E-state index contributed by atoms with van der Waals surface area (Å²) in [5.41, 5.74) is 4.36. The first-order chi connectivity index (χ1) is 16.5. The zero-order valence-electron chi connectivity index (χ0n) is 18.5. The maximum absolute atomic E-state index is 12.8. The van der Waals surface area contributed by atoms with Crippen LogP contribution in [0.3, 0.4) is 0 Å². The third-order valence-corrected chi connectivity index (χ3v) is 6.79. The normalized spacial score (nSPS) is 13.7. The number of hydrogen-bond donors (Lipinski definition) is 1. The number of fused-ring (bicyclic) bond motifs is 1. The second-order valence-corrected chi connectivity index (χ2v) is 9.11. The lowest BCUT2D eigenvalue weighted by molar-refractivity contribution is -0.384. The molecule has 8 nitrogen and oxygen atoms in total. The first-order valence-electron chi connectivity index (χ1n) is 10.9. The molecule has 0 unspecified atom stereocenters. The van der Waals surface area contributed by atoms with Gasteiger partial charge in [-0.1, -0.05) is 6.07 Å². The summed E-state index contributed by atoms with van der Waals surface area (Å²) in [5, 5.41) is 15.4. The minimum Gasteiger partial charge on any atom is -0.378 e. The number of nitrogens with one attached hydrogen (secondary N) is 1. The monoisotopic (exact) mass is 474 g/mol. The van der Waals surface area contributed by atoms with Crippen molar-refractivity contribution >= 4 is 44.5 Å². The summed E-state index contributed by atoms with van der Waals surface area (Å²) in [4.78, 5) is 30.6. The number of anilines is 2. The number of amides is 1. The molecular formula is C25H22N4O4S. The average molecular weight is 475 g/mol. The molecular weight excluding hydrogens is 452 g/mol. The smallest absolute Gasteiger partial charge is 0.293 e. The van der Waals surface area contributed by atoms with Crippen molar-refractivity contribution in [2.75, 3.05) is 36.5 Å². The number of carbonyl (C=O) groups excluding carboxylic acids is 1. The maximum Gasteiger partial charge on any atom is 0.293 e. The fraction of sp³-hybridized carbons (Fsp3) is 0.200. The number of nitro groups is 1. The van der Waals surface area contributed by atoms with Gasteiger partial charge in [0.25, 0.3) is 11.6 Å². The van der Waals surface area contributed by atoms with Gasteiger partial charge in [0.2, 0.25) is 0 Å². The quantitative estimate of drug-likeness (QED) is 0.313. The van der Waals surface area contributed by atoms with Gasteiger partial charge in [-0.2, -0.15) is 0 Å². The van der Waals surface area contributed by atoms with Crippen molar-refractivity contribution in [2.45, 2.75) is 6.92 Å². The number of nitro benzene ring substituents is 1. The molecule has 0 spiro atoms. The number of aromatic nitrogens is 1. The van der Waals surface area contributed by atoms with Crippen molar-refractivity contribution in [3.8, 4) is 10.6 Å². The molecule has 1 N–H and O–H groups in total. The van der Waals surface area contributed by atoms with Gasteiger partial charge in [0.15, 0.2) is 0 Å². The molecule has 172 valence electrons. The maximum atomic E-state index is 12.8. The van der Waals surface area contributed by atoms with Crippen LogP contribution in [0.15, 0.2) is 60.7 Å². The summed E-state index contributed by atoms with van der Waals surface area (Å²) < 4.78 is 6.46. The van der Waals surface area contributed by atoms with Gasteiger partial charge < -0.3 is 15.0 Å². The van der Waals surface area contributed by atoms with Crippen LogP contribution in [0.5, 0.6) is 0 Å². The van der Waals surface area contributed by atoms with E-state index in [1.807, 2.05) is 29.2 Å². The Morgan fingerprint density at radius 2 is 1.85 bits per heavy atom. The molecule has 4 aromatic rings. The Bertz CT molecular complexity index is 1380. The zero-order valence-corrected chi connectivity index (χ0v) is 19.3. The molecule has 1 aliphatic rings. The van der Waals surface area contributed by atoms with Crippen molar-refractivity contribution in [3.63, 3.8) is 0 Å². The van der Waals surface area contributed by atoms with Gasteiger partial charge >= 0.3 is 0 Å². The van der Waals surface area contributed by atoms with Crippen molar-refractivity contribution in [2.24, 2.45) is 0 Å². The lowest BCUT2D eigenvalue weighted by atomic mass is 10.1. The predicted molar refractivity (Wildman–Crippen MR) is 134 cm³/mol. The number of thiazole rings is 1. The van der Waals surface area contributed by atoms with Crippen LogP contribution in [0.1, 0.15) is 15.9 Å². The molecule has 0 aliphatic carbocycles. The Hall–Kier alpha value is -3.82. The average Bonchev–Trinajstić information content (AvgIpc) is 3.28. The van der Waals surface area contributed by atoms with Crippen LogP contribution < -0.4 is 10.2 Å². The number of nitrogens with zero attached hydrogens (tertiary/aromatic N) is 3. The number of morpholine rings is 1. The van der Waals surface area contributed by atoms with Gasteiger partial charge in [-0.25, -0.2) is 4.98 Å².